The third kappa shape index (κ3) is 3.03. The summed E-state index contributed by atoms with van der Waals surface area (Å²) in [6, 6.07) is 6.89. The highest BCUT2D eigenvalue weighted by molar-refractivity contribution is 5.74. The Hall–Kier alpha value is -1.90. The van der Waals surface area contributed by atoms with Crippen molar-refractivity contribution in [1.29, 1.82) is 5.26 Å². The van der Waals surface area contributed by atoms with Crippen LogP contribution in [0.4, 0.5) is 0 Å². The maximum Gasteiger partial charge on any atom is 0.220 e. The molecule has 90 valence electrons. The van der Waals surface area contributed by atoms with Gasteiger partial charge in [0.05, 0.1) is 24.2 Å². The summed E-state index contributed by atoms with van der Waals surface area (Å²) in [7, 11) is 0. The second-order valence-electron chi connectivity index (χ2n) is 3.83. The van der Waals surface area contributed by atoms with E-state index in [0.29, 0.717) is 11.1 Å². The van der Waals surface area contributed by atoms with E-state index in [1.165, 1.54) is 0 Å². The Labute approximate surface area is 99.1 Å². The molecule has 4 N–H and O–H groups in total. The number of carbonyl (C=O) groups excluding carboxylic acids is 1. The van der Waals surface area contributed by atoms with Crippen LogP contribution in [0, 0.1) is 18.3 Å². The van der Waals surface area contributed by atoms with Gasteiger partial charge in [-0.1, -0.05) is 12.1 Å². The number of nitrogens with zero attached hydrogens (tertiary/aromatic N) is 1. The van der Waals surface area contributed by atoms with Crippen molar-refractivity contribution >= 4 is 5.91 Å². The fraction of sp³-hybridized carbons (Fsp3) is 0.333. The molecule has 0 aromatic heterocycles. The second-order valence-corrected chi connectivity index (χ2v) is 3.83. The molecule has 0 fully saturated rings. The summed E-state index contributed by atoms with van der Waals surface area (Å²) in [5.74, 6) is -0.705. The van der Waals surface area contributed by atoms with Crippen molar-refractivity contribution in [3.8, 4) is 6.07 Å². The van der Waals surface area contributed by atoms with E-state index >= 15 is 0 Å². The molecule has 1 amide bonds. The number of nitrogens with two attached hydrogens (primary N) is 1. The predicted molar refractivity (Wildman–Crippen MR) is 60.7 cm³/mol. The van der Waals surface area contributed by atoms with Crippen LogP contribution in [0.2, 0.25) is 0 Å². The van der Waals surface area contributed by atoms with Gasteiger partial charge in [0.2, 0.25) is 5.91 Å². The Morgan fingerprint density at radius 2 is 2.18 bits per heavy atom. The minimum atomic E-state index is -1.30. The van der Waals surface area contributed by atoms with E-state index in [0.717, 1.165) is 0 Å². The molecule has 1 aromatic rings. The lowest BCUT2D eigenvalue weighted by molar-refractivity contribution is -0.121. The summed E-state index contributed by atoms with van der Waals surface area (Å²) in [6.45, 7) is 1.72. The molecule has 2 unspecified atom stereocenters. The zero-order valence-corrected chi connectivity index (χ0v) is 9.42. The van der Waals surface area contributed by atoms with Crippen LogP contribution in [0.25, 0.3) is 0 Å². The van der Waals surface area contributed by atoms with Gasteiger partial charge in [0, 0.05) is 5.56 Å². The lowest BCUT2D eigenvalue weighted by atomic mass is 9.93. The quantitative estimate of drug-likeness (QED) is 0.688. The lowest BCUT2D eigenvalue weighted by Gasteiger charge is -2.19. The highest BCUT2D eigenvalue weighted by Crippen LogP contribution is 2.25. The molecule has 0 radical (unpaired) electrons. The average Bonchev–Trinajstić information content (AvgIpc) is 2.26. The van der Waals surface area contributed by atoms with E-state index < -0.39 is 18.1 Å². The molecule has 17 heavy (non-hydrogen) atoms. The first kappa shape index (κ1) is 13.2. The van der Waals surface area contributed by atoms with Crippen molar-refractivity contribution in [2.75, 3.05) is 0 Å². The Bertz CT molecular complexity index is 465. The number of aliphatic hydroxyl groups excluding tert-OH is 2. The molecule has 2 atom stereocenters. The minimum Gasteiger partial charge on any atom is -0.390 e. The first-order valence-corrected chi connectivity index (χ1v) is 5.11. The van der Waals surface area contributed by atoms with Crippen LogP contribution in [0.1, 0.15) is 29.2 Å². The molecule has 0 saturated carbocycles. The molecule has 0 aliphatic rings. The maximum atomic E-state index is 10.7. The van der Waals surface area contributed by atoms with E-state index in [2.05, 4.69) is 0 Å². The average molecular weight is 234 g/mol. The van der Waals surface area contributed by atoms with E-state index in [-0.39, 0.29) is 12.0 Å². The van der Waals surface area contributed by atoms with Crippen LogP contribution in [-0.2, 0) is 4.79 Å². The van der Waals surface area contributed by atoms with Gasteiger partial charge in [-0.3, -0.25) is 4.79 Å². The summed E-state index contributed by atoms with van der Waals surface area (Å²) >= 11 is 0. The topological polar surface area (TPSA) is 107 Å². The molecule has 5 heteroatoms. The Morgan fingerprint density at radius 3 is 2.71 bits per heavy atom. The van der Waals surface area contributed by atoms with Crippen LogP contribution < -0.4 is 5.73 Å². The number of aryl methyl sites for hydroxylation is 1. The Morgan fingerprint density at radius 1 is 1.53 bits per heavy atom. The highest BCUT2D eigenvalue weighted by Gasteiger charge is 2.24. The van der Waals surface area contributed by atoms with Crippen LogP contribution >= 0.6 is 0 Å². The summed E-state index contributed by atoms with van der Waals surface area (Å²) in [6.07, 6.45) is -2.94. The number of primary amides is 1. The van der Waals surface area contributed by atoms with Gasteiger partial charge < -0.3 is 15.9 Å². The van der Waals surface area contributed by atoms with Crippen LogP contribution in [0.3, 0.4) is 0 Å². The van der Waals surface area contributed by atoms with Crippen molar-refractivity contribution in [2.24, 2.45) is 5.73 Å². The minimum absolute atomic E-state index is 0.279. The molecular formula is C12H14N2O3. The second kappa shape index (κ2) is 5.43. The molecule has 1 rings (SSSR count). The monoisotopic (exact) mass is 234 g/mol. The number of carbonyl (C=O) groups is 1. The van der Waals surface area contributed by atoms with Gasteiger partial charge in [-0.15, -0.1) is 0 Å². The van der Waals surface area contributed by atoms with Gasteiger partial charge in [-0.2, -0.15) is 5.26 Å². The van der Waals surface area contributed by atoms with E-state index in [1.807, 2.05) is 6.07 Å². The molecule has 0 spiro atoms. The normalized spacial score (nSPS) is 13.8. The van der Waals surface area contributed by atoms with Crippen LogP contribution in [0.5, 0.6) is 0 Å². The van der Waals surface area contributed by atoms with Crippen molar-refractivity contribution in [2.45, 2.75) is 25.6 Å². The molecule has 0 bridgehead atoms. The first-order valence-electron chi connectivity index (χ1n) is 5.11. The van der Waals surface area contributed by atoms with E-state index in [9.17, 15) is 15.0 Å². The van der Waals surface area contributed by atoms with Crippen LogP contribution in [0.15, 0.2) is 18.2 Å². The fourth-order valence-electron chi connectivity index (χ4n) is 1.68. The first-order chi connectivity index (χ1) is 7.97. The lowest BCUT2D eigenvalue weighted by Crippen LogP contribution is -2.26. The predicted octanol–water partition coefficient (Wildman–Crippen LogP) is 0.136. The fourth-order valence-corrected chi connectivity index (χ4v) is 1.68. The number of hydrogen-bond donors (Lipinski definition) is 3. The van der Waals surface area contributed by atoms with Gasteiger partial charge in [0.1, 0.15) is 6.10 Å². The number of nitriles is 1. The van der Waals surface area contributed by atoms with Gasteiger partial charge in [0.15, 0.2) is 0 Å². The van der Waals surface area contributed by atoms with Crippen molar-refractivity contribution in [1.82, 2.24) is 0 Å². The Kier molecular flexibility index (Phi) is 4.21. The van der Waals surface area contributed by atoms with Gasteiger partial charge in [0.25, 0.3) is 0 Å². The molecule has 5 nitrogen and oxygen atoms in total. The van der Waals surface area contributed by atoms with Gasteiger partial charge >= 0.3 is 0 Å². The number of amides is 1. The van der Waals surface area contributed by atoms with Gasteiger partial charge in [-0.25, -0.2) is 0 Å². The third-order valence-electron chi connectivity index (χ3n) is 2.52. The van der Waals surface area contributed by atoms with E-state index in [1.54, 1.807) is 25.1 Å². The van der Waals surface area contributed by atoms with Gasteiger partial charge in [-0.05, 0) is 18.6 Å². The highest BCUT2D eigenvalue weighted by atomic mass is 16.3. The molecule has 0 aliphatic carbocycles. The van der Waals surface area contributed by atoms with Crippen molar-refractivity contribution < 1.29 is 15.0 Å². The molecule has 1 aromatic carbocycles. The summed E-state index contributed by atoms with van der Waals surface area (Å²) in [4.78, 5) is 10.7. The summed E-state index contributed by atoms with van der Waals surface area (Å²) < 4.78 is 0. The SMILES string of the molecule is Cc1cccc(C#N)c1C(O)C(O)CC(N)=O. The molecular weight excluding hydrogens is 220 g/mol. The Balaban J connectivity index is 3.07. The maximum absolute atomic E-state index is 10.7. The summed E-state index contributed by atoms with van der Waals surface area (Å²) in [5, 5.41) is 28.5. The number of hydrogen-bond acceptors (Lipinski definition) is 4. The molecule has 0 heterocycles. The third-order valence-corrected chi connectivity index (χ3v) is 2.52. The summed E-state index contributed by atoms with van der Waals surface area (Å²) in [5.41, 5.74) is 6.24. The van der Waals surface area contributed by atoms with Crippen LogP contribution in [-0.4, -0.2) is 22.2 Å². The number of aliphatic hydroxyl groups is 2. The van der Waals surface area contributed by atoms with Crippen molar-refractivity contribution in [3.05, 3.63) is 34.9 Å². The smallest absolute Gasteiger partial charge is 0.220 e. The number of benzene rings is 1. The standard InChI is InChI=1S/C12H14N2O3/c1-7-3-2-4-8(6-13)11(7)12(17)9(15)5-10(14)16/h2-4,9,12,15,17H,5H2,1H3,(H2,14,16). The molecule has 0 aliphatic heterocycles. The molecule has 0 saturated heterocycles. The van der Waals surface area contributed by atoms with E-state index in [4.69, 9.17) is 11.0 Å². The van der Waals surface area contributed by atoms with Crippen molar-refractivity contribution in [3.63, 3.8) is 0 Å². The largest absolute Gasteiger partial charge is 0.390 e. The zero-order valence-electron chi connectivity index (χ0n) is 9.42. The zero-order chi connectivity index (χ0) is 13.0. The number of rotatable bonds is 4.